The first-order chi connectivity index (χ1) is 11.6. The Morgan fingerprint density at radius 3 is 2.04 bits per heavy atom. The molecule has 138 valence electrons. The van der Waals surface area contributed by atoms with Crippen LogP contribution in [0, 0.1) is 6.92 Å². The number of unbranched alkanes of at least 4 members (excludes halogenated alkanes) is 9. The van der Waals surface area contributed by atoms with Crippen molar-refractivity contribution in [3.8, 4) is 11.5 Å². The predicted molar refractivity (Wildman–Crippen MR) is 96.6 cm³/mol. The molecule has 0 bridgehead atoms. The Morgan fingerprint density at radius 1 is 0.958 bits per heavy atom. The number of esters is 1. The van der Waals surface area contributed by atoms with Gasteiger partial charge in [-0.2, -0.15) is 0 Å². The summed E-state index contributed by atoms with van der Waals surface area (Å²) in [5.74, 6) is 0.783. The Balaban J connectivity index is 2.11. The maximum atomic E-state index is 11.9. The Bertz CT molecular complexity index is 476. The lowest BCUT2D eigenvalue weighted by atomic mass is 10.1. The standard InChI is InChI=1S/C20H34O4/c1-4-6-7-8-9-10-11-12-13-14-15-18(21)24-20-17(5-2)23-16(3)19(20)22/h22H,4-15H2,1-3H3. The van der Waals surface area contributed by atoms with Gasteiger partial charge in [0, 0.05) is 12.8 Å². The molecule has 0 aliphatic carbocycles. The third kappa shape index (κ3) is 7.41. The highest BCUT2D eigenvalue weighted by molar-refractivity contribution is 5.73. The summed E-state index contributed by atoms with van der Waals surface area (Å²) in [6.07, 6.45) is 13.3. The molecule has 24 heavy (non-hydrogen) atoms. The molecule has 1 N–H and O–H groups in total. The summed E-state index contributed by atoms with van der Waals surface area (Å²) in [5, 5.41) is 9.87. The first-order valence-corrected chi connectivity index (χ1v) is 9.62. The second-order valence-electron chi connectivity index (χ2n) is 6.52. The Labute approximate surface area is 146 Å². The summed E-state index contributed by atoms with van der Waals surface area (Å²) in [6.45, 7) is 5.80. The molecule has 0 spiro atoms. The quantitative estimate of drug-likeness (QED) is 0.350. The van der Waals surface area contributed by atoms with Gasteiger partial charge in [-0.25, -0.2) is 0 Å². The Hall–Kier alpha value is -1.45. The number of rotatable bonds is 13. The van der Waals surface area contributed by atoms with Crippen LogP contribution < -0.4 is 4.74 Å². The Kier molecular flexibility index (Phi) is 10.3. The van der Waals surface area contributed by atoms with Gasteiger partial charge in [-0.1, -0.05) is 71.6 Å². The number of hydrogen-bond donors (Lipinski definition) is 1. The largest absolute Gasteiger partial charge is 0.502 e. The molecule has 0 unspecified atom stereocenters. The maximum absolute atomic E-state index is 11.9. The van der Waals surface area contributed by atoms with Crippen LogP contribution in [0.15, 0.2) is 4.42 Å². The van der Waals surface area contributed by atoms with E-state index < -0.39 is 0 Å². The molecule has 0 fully saturated rings. The van der Waals surface area contributed by atoms with E-state index in [1.165, 1.54) is 51.4 Å². The van der Waals surface area contributed by atoms with Gasteiger partial charge >= 0.3 is 5.97 Å². The topological polar surface area (TPSA) is 59.7 Å². The first kappa shape index (κ1) is 20.6. The summed E-state index contributed by atoms with van der Waals surface area (Å²) >= 11 is 0. The second-order valence-corrected chi connectivity index (χ2v) is 6.52. The van der Waals surface area contributed by atoms with Gasteiger partial charge in [0.1, 0.15) is 5.76 Å². The fourth-order valence-electron chi connectivity index (χ4n) is 2.83. The molecule has 4 heteroatoms. The highest BCUT2D eigenvalue weighted by Gasteiger charge is 2.20. The van der Waals surface area contributed by atoms with E-state index in [0.29, 0.717) is 24.4 Å². The van der Waals surface area contributed by atoms with E-state index in [9.17, 15) is 9.90 Å². The molecule has 1 heterocycles. The average Bonchev–Trinajstić information content (AvgIpc) is 2.84. The molecule has 1 aromatic heterocycles. The number of aromatic hydroxyl groups is 1. The summed E-state index contributed by atoms with van der Waals surface area (Å²) in [6, 6.07) is 0. The molecule has 0 saturated heterocycles. The average molecular weight is 338 g/mol. The number of carbonyl (C=O) groups excluding carboxylic acids is 1. The summed E-state index contributed by atoms with van der Waals surface area (Å²) in [7, 11) is 0. The summed E-state index contributed by atoms with van der Waals surface area (Å²) in [5.41, 5.74) is 0. The SMILES string of the molecule is CCCCCCCCCCCCC(=O)Oc1c(CC)oc(C)c1O. The van der Waals surface area contributed by atoms with Crippen molar-refractivity contribution in [3.05, 3.63) is 11.5 Å². The fourth-order valence-corrected chi connectivity index (χ4v) is 2.83. The van der Waals surface area contributed by atoms with Crippen molar-refractivity contribution in [3.63, 3.8) is 0 Å². The van der Waals surface area contributed by atoms with Crippen LogP contribution in [-0.4, -0.2) is 11.1 Å². The molecule has 0 radical (unpaired) electrons. The zero-order valence-corrected chi connectivity index (χ0v) is 15.7. The molecular weight excluding hydrogens is 304 g/mol. The van der Waals surface area contributed by atoms with Crippen LogP contribution in [0.5, 0.6) is 11.5 Å². The minimum absolute atomic E-state index is 0.0525. The van der Waals surface area contributed by atoms with E-state index in [2.05, 4.69) is 6.92 Å². The van der Waals surface area contributed by atoms with Gasteiger partial charge in [0.25, 0.3) is 0 Å². The number of aryl methyl sites for hydroxylation is 2. The molecule has 4 nitrogen and oxygen atoms in total. The van der Waals surface area contributed by atoms with Crippen LogP contribution in [0.2, 0.25) is 0 Å². The summed E-state index contributed by atoms with van der Waals surface area (Å²) < 4.78 is 10.7. The fraction of sp³-hybridized carbons (Fsp3) is 0.750. The van der Waals surface area contributed by atoms with E-state index in [-0.39, 0.29) is 17.5 Å². The minimum Gasteiger partial charge on any atom is -0.502 e. The molecule has 0 atom stereocenters. The third-order valence-corrected chi connectivity index (χ3v) is 4.35. The van der Waals surface area contributed by atoms with Crippen LogP contribution in [-0.2, 0) is 11.2 Å². The van der Waals surface area contributed by atoms with Crippen molar-refractivity contribution >= 4 is 5.97 Å². The zero-order valence-electron chi connectivity index (χ0n) is 15.7. The van der Waals surface area contributed by atoms with Crippen molar-refractivity contribution in [2.75, 3.05) is 0 Å². The monoisotopic (exact) mass is 338 g/mol. The molecule has 0 aromatic carbocycles. The molecular formula is C20H34O4. The van der Waals surface area contributed by atoms with E-state index in [1.54, 1.807) is 6.92 Å². The van der Waals surface area contributed by atoms with Crippen molar-refractivity contribution in [1.29, 1.82) is 0 Å². The van der Waals surface area contributed by atoms with Gasteiger partial charge < -0.3 is 14.3 Å². The molecule has 0 aliphatic heterocycles. The predicted octanol–water partition coefficient (Wildman–Crippen LogP) is 6.07. The highest BCUT2D eigenvalue weighted by Crippen LogP contribution is 2.37. The molecule has 0 saturated carbocycles. The molecule has 1 rings (SSSR count). The van der Waals surface area contributed by atoms with E-state index in [1.807, 2.05) is 6.92 Å². The van der Waals surface area contributed by atoms with E-state index >= 15 is 0 Å². The highest BCUT2D eigenvalue weighted by atomic mass is 16.6. The lowest BCUT2D eigenvalue weighted by molar-refractivity contribution is -0.134. The number of ether oxygens (including phenoxy) is 1. The zero-order chi connectivity index (χ0) is 17.8. The van der Waals surface area contributed by atoms with Crippen LogP contribution in [0.4, 0.5) is 0 Å². The maximum Gasteiger partial charge on any atom is 0.311 e. The smallest absolute Gasteiger partial charge is 0.311 e. The number of furan rings is 1. The van der Waals surface area contributed by atoms with Crippen LogP contribution in [0.25, 0.3) is 0 Å². The lowest BCUT2D eigenvalue weighted by Crippen LogP contribution is -2.08. The van der Waals surface area contributed by atoms with Crippen molar-refractivity contribution < 1.29 is 19.1 Å². The van der Waals surface area contributed by atoms with Crippen LogP contribution >= 0.6 is 0 Å². The van der Waals surface area contributed by atoms with Gasteiger partial charge in [0.15, 0.2) is 5.76 Å². The Morgan fingerprint density at radius 2 is 1.50 bits per heavy atom. The van der Waals surface area contributed by atoms with Crippen molar-refractivity contribution in [1.82, 2.24) is 0 Å². The van der Waals surface area contributed by atoms with Gasteiger partial charge in [-0.3, -0.25) is 4.79 Å². The lowest BCUT2D eigenvalue weighted by Gasteiger charge is -2.05. The van der Waals surface area contributed by atoms with Crippen LogP contribution in [0.1, 0.15) is 96.0 Å². The van der Waals surface area contributed by atoms with E-state index in [4.69, 9.17) is 9.15 Å². The molecule has 1 aromatic rings. The van der Waals surface area contributed by atoms with Crippen LogP contribution in [0.3, 0.4) is 0 Å². The van der Waals surface area contributed by atoms with Gasteiger partial charge in [-0.15, -0.1) is 0 Å². The first-order valence-electron chi connectivity index (χ1n) is 9.62. The van der Waals surface area contributed by atoms with Gasteiger partial charge in [-0.05, 0) is 13.3 Å². The second kappa shape index (κ2) is 12.0. The third-order valence-electron chi connectivity index (χ3n) is 4.35. The van der Waals surface area contributed by atoms with Gasteiger partial charge in [0.2, 0.25) is 11.5 Å². The van der Waals surface area contributed by atoms with Crippen molar-refractivity contribution in [2.24, 2.45) is 0 Å². The molecule has 0 amide bonds. The van der Waals surface area contributed by atoms with Gasteiger partial charge in [0.05, 0.1) is 0 Å². The van der Waals surface area contributed by atoms with Crippen molar-refractivity contribution in [2.45, 2.75) is 97.8 Å². The number of hydrogen-bond acceptors (Lipinski definition) is 4. The summed E-state index contributed by atoms with van der Waals surface area (Å²) in [4.78, 5) is 11.9. The molecule has 0 aliphatic rings. The minimum atomic E-state index is -0.291. The number of carbonyl (C=O) groups is 1. The van der Waals surface area contributed by atoms with E-state index in [0.717, 1.165) is 12.8 Å². The normalized spacial score (nSPS) is 11.0.